The van der Waals surface area contributed by atoms with E-state index in [1.165, 1.54) is 11.1 Å². The Morgan fingerprint density at radius 3 is 1.13 bits per heavy atom. The van der Waals surface area contributed by atoms with Crippen LogP contribution in [0, 0.1) is 0 Å². The van der Waals surface area contributed by atoms with Crippen molar-refractivity contribution >= 4 is 21.8 Å². The molecule has 0 fully saturated rings. The fourth-order valence-corrected chi connectivity index (χ4v) is 7.39. The van der Waals surface area contributed by atoms with Crippen LogP contribution in [-0.2, 0) is 0 Å². The third kappa shape index (κ3) is 6.04. The molecule has 5 heteroatoms. The number of aromatic nitrogens is 5. The Bertz CT molecular complexity index is 2790. The maximum absolute atomic E-state index is 5.30. The zero-order valence-corrected chi connectivity index (χ0v) is 29.8. The van der Waals surface area contributed by atoms with Gasteiger partial charge in [-0.05, 0) is 58.1 Å². The number of hydrogen-bond acceptors (Lipinski definition) is 4. The average Bonchev–Trinajstić information content (AvgIpc) is 3.60. The van der Waals surface area contributed by atoms with Crippen molar-refractivity contribution in [3.8, 4) is 73.4 Å². The molecular formula is C50H33N5. The lowest BCUT2D eigenvalue weighted by Crippen LogP contribution is -2.05. The van der Waals surface area contributed by atoms with Gasteiger partial charge in [0, 0.05) is 33.7 Å². The second kappa shape index (κ2) is 13.8. The van der Waals surface area contributed by atoms with Crippen LogP contribution >= 0.6 is 0 Å². The molecule has 0 saturated carbocycles. The van der Waals surface area contributed by atoms with E-state index in [1.54, 1.807) is 0 Å². The van der Waals surface area contributed by atoms with Crippen LogP contribution < -0.4 is 0 Å². The van der Waals surface area contributed by atoms with E-state index in [4.69, 9.17) is 19.9 Å². The van der Waals surface area contributed by atoms with Gasteiger partial charge in [0.2, 0.25) is 0 Å². The van der Waals surface area contributed by atoms with Gasteiger partial charge in [0.1, 0.15) is 5.82 Å². The first kappa shape index (κ1) is 32.2. The lowest BCUT2D eigenvalue weighted by Gasteiger charge is -2.15. The maximum atomic E-state index is 5.30. The van der Waals surface area contributed by atoms with Crippen molar-refractivity contribution in [3.05, 3.63) is 200 Å². The molecule has 5 nitrogen and oxygen atoms in total. The van der Waals surface area contributed by atoms with Crippen LogP contribution in [0.1, 0.15) is 0 Å². The summed E-state index contributed by atoms with van der Waals surface area (Å²) in [5.74, 6) is 2.49. The number of rotatable bonds is 7. The molecule has 10 rings (SSSR count). The molecule has 7 aromatic carbocycles. The Morgan fingerprint density at radius 1 is 0.309 bits per heavy atom. The van der Waals surface area contributed by atoms with Crippen LogP contribution in [0.2, 0.25) is 0 Å². The van der Waals surface area contributed by atoms with Gasteiger partial charge < -0.3 is 0 Å². The minimum atomic E-state index is 0.546. The summed E-state index contributed by atoms with van der Waals surface area (Å²) >= 11 is 0. The summed E-state index contributed by atoms with van der Waals surface area (Å²) in [5.41, 5.74) is 11.4. The zero-order chi connectivity index (χ0) is 36.6. The second-order valence-electron chi connectivity index (χ2n) is 13.5. The maximum Gasteiger partial charge on any atom is 0.167 e. The minimum Gasteiger partial charge on any atom is -0.293 e. The predicted octanol–water partition coefficient (Wildman–Crippen LogP) is 12.4. The molecular weight excluding hydrogens is 671 g/mol. The quantitative estimate of drug-likeness (QED) is 0.166. The second-order valence-corrected chi connectivity index (χ2v) is 13.5. The molecule has 0 saturated heterocycles. The normalized spacial score (nSPS) is 11.3. The molecule has 55 heavy (non-hydrogen) atoms. The fraction of sp³-hybridized carbons (Fsp3) is 0. The number of fused-ring (bicyclic) bond motifs is 3. The summed E-state index contributed by atoms with van der Waals surface area (Å²) in [6.45, 7) is 0. The monoisotopic (exact) mass is 703 g/mol. The highest BCUT2D eigenvalue weighted by molar-refractivity contribution is 6.12. The van der Waals surface area contributed by atoms with E-state index in [2.05, 4.69) is 132 Å². The van der Waals surface area contributed by atoms with Gasteiger partial charge >= 0.3 is 0 Å². The average molecular weight is 704 g/mol. The molecule has 3 aromatic heterocycles. The van der Waals surface area contributed by atoms with Crippen molar-refractivity contribution in [2.45, 2.75) is 0 Å². The predicted molar refractivity (Wildman–Crippen MR) is 225 cm³/mol. The lowest BCUT2D eigenvalue weighted by atomic mass is 10.0. The van der Waals surface area contributed by atoms with Gasteiger partial charge in [0.25, 0.3) is 0 Å². The molecule has 0 N–H and O–H groups in total. The zero-order valence-electron chi connectivity index (χ0n) is 29.8. The van der Waals surface area contributed by atoms with Gasteiger partial charge in [0.05, 0.1) is 16.6 Å². The van der Waals surface area contributed by atoms with Crippen molar-refractivity contribution in [2.24, 2.45) is 0 Å². The summed E-state index contributed by atoms with van der Waals surface area (Å²) in [7, 11) is 0. The van der Waals surface area contributed by atoms with E-state index in [0.717, 1.165) is 66.6 Å². The van der Waals surface area contributed by atoms with Gasteiger partial charge in [-0.25, -0.2) is 19.9 Å². The molecule has 0 unspecified atom stereocenters. The standard InChI is InChI=1S/C50H33N5/c1-6-16-34(17-7-1)39-26-28-45-42(30-39)43-31-40(35-18-8-2-9-19-35)27-29-46(43)55(45)50-44(32-41(33-51-50)36-20-10-3-11-21-36)49-53-47(37-22-12-4-13-23-37)52-48(54-49)38-24-14-5-15-25-38/h1-33H. The van der Waals surface area contributed by atoms with Crippen LogP contribution in [0.25, 0.3) is 95.2 Å². The minimum absolute atomic E-state index is 0.546. The first-order valence-corrected chi connectivity index (χ1v) is 18.4. The highest BCUT2D eigenvalue weighted by atomic mass is 15.1. The van der Waals surface area contributed by atoms with E-state index in [0.29, 0.717) is 17.5 Å². The Labute approximate surface area is 318 Å². The molecule has 0 bridgehead atoms. The number of hydrogen-bond donors (Lipinski definition) is 0. The smallest absolute Gasteiger partial charge is 0.167 e. The van der Waals surface area contributed by atoms with Crippen molar-refractivity contribution < 1.29 is 0 Å². The van der Waals surface area contributed by atoms with E-state index < -0.39 is 0 Å². The number of pyridine rings is 1. The third-order valence-corrected chi connectivity index (χ3v) is 10.1. The van der Waals surface area contributed by atoms with Gasteiger partial charge in [-0.3, -0.25) is 4.57 Å². The molecule has 0 aliphatic carbocycles. The molecule has 3 heterocycles. The third-order valence-electron chi connectivity index (χ3n) is 10.1. The van der Waals surface area contributed by atoms with Gasteiger partial charge in [0.15, 0.2) is 17.5 Å². The van der Waals surface area contributed by atoms with Crippen molar-refractivity contribution in [2.75, 3.05) is 0 Å². The van der Waals surface area contributed by atoms with Crippen molar-refractivity contribution in [1.29, 1.82) is 0 Å². The van der Waals surface area contributed by atoms with Crippen LogP contribution in [0.15, 0.2) is 200 Å². The summed E-state index contributed by atoms with van der Waals surface area (Å²) in [4.78, 5) is 20.7. The number of benzene rings is 7. The molecule has 0 aliphatic rings. The van der Waals surface area contributed by atoms with E-state index in [9.17, 15) is 0 Å². The van der Waals surface area contributed by atoms with Gasteiger partial charge in [-0.2, -0.15) is 0 Å². The van der Waals surface area contributed by atoms with Crippen LogP contribution in [0.4, 0.5) is 0 Å². The topological polar surface area (TPSA) is 56.5 Å². The Hall–Kier alpha value is -7.50. The van der Waals surface area contributed by atoms with Gasteiger partial charge in [-0.1, -0.05) is 164 Å². The molecule has 10 aromatic rings. The van der Waals surface area contributed by atoms with Gasteiger partial charge in [-0.15, -0.1) is 0 Å². The Morgan fingerprint density at radius 2 is 0.691 bits per heavy atom. The molecule has 0 aliphatic heterocycles. The molecule has 0 amide bonds. The first-order valence-electron chi connectivity index (χ1n) is 18.4. The lowest BCUT2D eigenvalue weighted by molar-refractivity contribution is 1.04. The highest BCUT2D eigenvalue weighted by Gasteiger charge is 2.22. The molecule has 0 spiro atoms. The summed E-state index contributed by atoms with van der Waals surface area (Å²) in [6.07, 6.45) is 1.96. The fourth-order valence-electron chi connectivity index (χ4n) is 7.39. The van der Waals surface area contributed by atoms with E-state index >= 15 is 0 Å². The number of nitrogens with zero attached hydrogens (tertiary/aromatic N) is 5. The first-order chi connectivity index (χ1) is 27.3. The molecule has 0 atom stereocenters. The Kier molecular flexibility index (Phi) is 8.08. The highest BCUT2D eigenvalue weighted by Crippen LogP contribution is 2.40. The summed E-state index contributed by atoms with van der Waals surface area (Å²) in [5, 5.41) is 2.28. The largest absolute Gasteiger partial charge is 0.293 e. The Balaban J connectivity index is 1.27. The van der Waals surface area contributed by atoms with E-state index in [-0.39, 0.29) is 0 Å². The van der Waals surface area contributed by atoms with Crippen LogP contribution in [0.5, 0.6) is 0 Å². The van der Waals surface area contributed by atoms with Crippen LogP contribution in [0.3, 0.4) is 0 Å². The van der Waals surface area contributed by atoms with Crippen molar-refractivity contribution in [3.63, 3.8) is 0 Å². The van der Waals surface area contributed by atoms with Crippen LogP contribution in [-0.4, -0.2) is 24.5 Å². The molecule has 0 radical (unpaired) electrons. The van der Waals surface area contributed by atoms with E-state index in [1.807, 2.05) is 72.9 Å². The summed E-state index contributed by atoms with van der Waals surface area (Å²) in [6, 6.07) is 67.3. The SMILES string of the molecule is c1ccc(-c2cnc(-n3c4ccc(-c5ccccc5)cc4c4cc(-c5ccccc5)ccc43)c(-c3nc(-c4ccccc4)nc(-c4ccccc4)n3)c2)cc1. The molecule has 258 valence electrons. The van der Waals surface area contributed by atoms with Crippen molar-refractivity contribution in [1.82, 2.24) is 24.5 Å². The summed E-state index contributed by atoms with van der Waals surface area (Å²) < 4.78 is 2.27.